The van der Waals surface area contributed by atoms with Gasteiger partial charge in [-0.3, -0.25) is 4.79 Å². The van der Waals surface area contributed by atoms with Crippen LogP contribution in [0.3, 0.4) is 0 Å². The average Bonchev–Trinajstić information content (AvgIpc) is 2.60. The molecule has 0 aliphatic heterocycles. The second-order valence-corrected chi connectivity index (χ2v) is 7.34. The van der Waals surface area contributed by atoms with Gasteiger partial charge in [-0.05, 0) is 35.2 Å². The van der Waals surface area contributed by atoms with E-state index >= 15 is 0 Å². The lowest BCUT2D eigenvalue weighted by molar-refractivity contribution is 0.0391. The number of ether oxygens (including phenoxy) is 1. The Labute approximate surface area is 162 Å². The van der Waals surface area contributed by atoms with Crippen molar-refractivity contribution in [3.63, 3.8) is 0 Å². The summed E-state index contributed by atoms with van der Waals surface area (Å²) in [5.74, 6) is -3.73. The van der Waals surface area contributed by atoms with Gasteiger partial charge in [-0.2, -0.15) is 0 Å². The van der Waals surface area contributed by atoms with Crippen molar-refractivity contribution in [2.45, 2.75) is 38.8 Å². The van der Waals surface area contributed by atoms with Crippen LogP contribution in [0.15, 0.2) is 42.5 Å². The minimum Gasteiger partial charge on any atom is -0.462 e. The largest absolute Gasteiger partial charge is 0.462 e. The fraction of sp³-hybridized carbons (Fsp3) is 0.333. The predicted octanol–water partition coefficient (Wildman–Crippen LogP) is 3.56. The van der Waals surface area contributed by atoms with E-state index in [-0.39, 0.29) is 18.4 Å². The lowest BCUT2D eigenvalue weighted by atomic mass is 9.87. The van der Waals surface area contributed by atoms with Gasteiger partial charge in [-0.1, -0.05) is 39.0 Å². The summed E-state index contributed by atoms with van der Waals surface area (Å²) < 4.78 is 32.2. The van der Waals surface area contributed by atoms with Gasteiger partial charge >= 0.3 is 5.97 Å². The van der Waals surface area contributed by atoms with Gasteiger partial charge in [0, 0.05) is 6.42 Å². The highest BCUT2D eigenvalue weighted by Gasteiger charge is 2.20. The summed E-state index contributed by atoms with van der Waals surface area (Å²) in [4.78, 5) is 23.9. The Balaban J connectivity index is 1.84. The molecule has 0 aromatic heterocycles. The summed E-state index contributed by atoms with van der Waals surface area (Å²) in [6.45, 7) is 6.00. The highest BCUT2D eigenvalue weighted by atomic mass is 19.1. The van der Waals surface area contributed by atoms with Gasteiger partial charge in [0.2, 0.25) is 0 Å². The number of carbonyl (C=O) groups excluding carboxylic acids is 2. The molecule has 0 heterocycles. The van der Waals surface area contributed by atoms with E-state index in [2.05, 4.69) is 26.1 Å². The molecule has 0 bridgehead atoms. The van der Waals surface area contributed by atoms with Gasteiger partial charge < -0.3 is 15.2 Å². The van der Waals surface area contributed by atoms with Crippen molar-refractivity contribution in [1.82, 2.24) is 5.32 Å². The average molecular weight is 391 g/mol. The zero-order valence-electron chi connectivity index (χ0n) is 16.0. The van der Waals surface area contributed by atoms with Crippen LogP contribution in [-0.4, -0.2) is 29.8 Å². The smallest absolute Gasteiger partial charge is 0.338 e. The molecule has 0 saturated carbocycles. The van der Waals surface area contributed by atoms with Crippen molar-refractivity contribution in [1.29, 1.82) is 0 Å². The number of benzene rings is 2. The normalized spacial score (nSPS) is 12.4. The van der Waals surface area contributed by atoms with E-state index < -0.39 is 35.3 Å². The lowest BCUT2D eigenvalue weighted by Crippen LogP contribution is -2.36. The Morgan fingerprint density at radius 2 is 1.64 bits per heavy atom. The minimum atomic E-state index is -1.43. The minimum absolute atomic E-state index is 0.0392. The number of carbonyl (C=O) groups is 2. The SMILES string of the molecule is CC(C)(C)c1ccc(C(=O)OCCC(O)NC(=O)c2c(F)cccc2F)cc1. The summed E-state index contributed by atoms with van der Waals surface area (Å²) in [5.41, 5.74) is 0.614. The Morgan fingerprint density at radius 1 is 1.07 bits per heavy atom. The second-order valence-electron chi connectivity index (χ2n) is 7.34. The first-order valence-corrected chi connectivity index (χ1v) is 8.80. The van der Waals surface area contributed by atoms with Crippen molar-refractivity contribution in [3.8, 4) is 0 Å². The molecule has 1 unspecified atom stereocenters. The first-order valence-electron chi connectivity index (χ1n) is 8.80. The molecule has 1 amide bonds. The molecule has 0 fully saturated rings. The fourth-order valence-electron chi connectivity index (χ4n) is 2.46. The van der Waals surface area contributed by atoms with Crippen molar-refractivity contribution in [2.75, 3.05) is 6.61 Å². The van der Waals surface area contributed by atoms with E-state index in [0.29, 0.717) is 5.56 Å². The van der Waals surface area contributed by atoms with E-state index in [0.717, 1.165) is 23.8 Å². The van der Waals surface area contributed by atoms with Crippen LogP contribution in [0.5, 0.6) is 0 Å². The number of amides is 1. The van der Waals surface area contributed by atoms with E-state index in [1.165, 1.54) is 0 Å². The van der Waals surface area contributed by atoms with E-state index in [1.807, 2.05) is 12.1 Å². The fourth-order valence-corrected chi connectivity index (χ4v) is 2.46. The Kier molecular flexibility index (Phi) is 6.85. The quantitative estimate of drug-likeness (QED) is 0.583. The first-order chi connectivity index (χ1) is 13.1. The van der Waals surface area contributed by atoms with Crippen LogP contribution in [0, 0.1) is 11.6 Å². The van der Waals surface area contributed by atoms with E-state index in [4.69, 9.17) is 4.74 Å². The summed E-state index contributed by atoms with van der Waals surface area (Å²) in [5, 5.41) is 11.9. The van der Waals surface area contributed by atoms with Crippen LogP contribution in [0.1, 0.15) is 53.5 Å². The molecule has 150 valence electrons. The molecule has 2 aromatic rings. The van der Waals surface area contributed by atoms with Crippen LogP contribution < -0.4 is 5.32 Å². The van der Waals surface area contributed by atoms with Gasteiger partial charge in [0.25, 0.3) is 5.91 Å². The summed E-state index contributed by atoms with van der Waals surface area (Å²) >= 11 is 0. The third kappa shape index (κ3) is 5.60. The molecule has 0 aliphatic carbocycles. The van der Waals surface area contributed by atoms with Gasteiger partial charge in [0.05, 0.1) is 12.2 Å². The molecule has 0 aliphatic rings. The van der Waals surface area contributed by atoms with Crippen molar-refractivity contribution in [3.05, 3.63) is 70.8 Å². The number of esters is 1. The van der Waals surface area contributed by atoms with Gasteiger partial charge in [-0.15, -0.1) is 0 Å². The number of aliphatic hydroxyl groups excluding tert-OH is 1. The Hall–Kier alpha value is -2.80. The highest BCUT2D eigenvalue weighted by Crippen LogP contribution is 2.22. The maximum absolute atomic E-state index is 13.5. The molecular formula is C21H23F2NO4. The number of rotatable bonds is 6. The monoisotopic (exact) mass is 391 g/mol. The second kappa shape index (κ2) is 8.93. The van der Waals surface area contributed by atoms with Gasteiger partial charge in [-0.25, -0.2) is 13.6 Å². The number of aliphatic hydroxyl groups is 1. The van der Waals surface area contributed by atoms with Crippen LogP contribution in [0.2, 0.25) is 0 Å². The summed E-state index contributed by atoms with van der Waals surface area (Å²) in [6.07, 6.45) is -1.56. The lowest BCUT2D eigenvalue weighted by Gasteiger charge is -2.19. The first kappa shape index (κ1) is 21.5. The van der Waals surface area contributed by atoms with Gasteiger partial charge in [0.1, 0.15) is 23.4 Å². The molecule has 28 heavy (non-hydrogen) atoms. The van der Waals surface area contributed by atoms with Crippen LogP contribution in [0.4, 0.5) is 8.78 Å². The van der Waals surface area contributed by atoms with Crippen LogP contribution in [-0.2, 0) is 10.2 Å². The third-order valence-corrected chi connectivity index (χ3v) is 4.10. The molecule has 7 heteroatoms. The molecule has 5 nitrogen and oxygen atoms in total. The molecule has 0 radical (unpaired) electrons. The van der Waals surface area contributed by atoms with Crippen LogP contribution >= 0.6 is 0 Å². The van der Waals surface area contributed by atoms with E-state index in [9.17, 15) is 23.5 Å². The standard InChI is InChI=1S/C21H23F2NO4/c1-21(2,3)14-9-7-13(8-10-14)20(27)28-12-11-17(25)24-19(26)18-15(22)5-4-6-16(18)23/h4-10,17,25H,11-12H2,1-3H3,(H,24,26). The summed E-state index contributed by atoms with van der Waals surface area (Å²) in [6, 6.07) is 10.0. The number of hydrogen-bond donors (Lipinski definition) is 2. The topological polar surface area (TPSA) is 75.6 Å². The Morgan fingerprint density at radius 3 is 2.18 bits per heavy atom. The Bertz CT molecular complexity index is 824. The number of hydrogen-bond acceptors (Lipinski definition) is 4. The molecule has 2 N–H and O–H groups in total. The molecule has 0 spiro atoms. The molecule has 1 atom stereocenters. The highest BCUT2D eigenvalue weighted by molar-refractivity contribution is 5.94. The van der Waals surface area contributed by atoms with Crippen molar-refractivity contribution < 1.29 is 28.2 Å². The zero-order chi connectivity index (χ0) is 20.9. The number of halogens is 2. The van der Waals surface area contributed by atoms with Crippen molar-refractivity contribution in [2.24, 2.45) is 0 Å². The van der Waals surface area contributed by atoms with Gasteiger partial charge in [0.15, 0.2) is 0 Å². The van der Waals surface area contributed by atoms with E-state index in [1.54, 1.807) is 12.1 Å². The molecular weight excluding hydrogens is 368 g/mol. The predicted molar refractivity (Wildman–Crippen MR) is 99.9 cm³/mol. The summed E-state index contributed by atoms with van der Waals surface area (Å²) in [7, 11) is 0. The number of nitrogens with one attached hydrogen (secondary N) is 1. The maximum Gasteiger partial charge on any atom is 0.338 e. The zero-order valence-corrected chi connectivity index (χ0v) is 16.0. The maximum atomic E-state index is 13.5. The molecule has 0 saturated heterocycles. The third-order valence-electron chi connectivity index (χ3n) is 4.10. The van der Waals surface area contributed by atoms with Crippen molar-refractivity contribution >= 4 is 11.9 Å². The molecule has 2 rings (SSSR count). The molecule has 2 aromatic carbocycles. The van der Waals surface area contributed by atoms with Crippen LogP contribution in [0.25, 0.3) is 0 Å².